The third kappa shape index (κ3) is 0.523. The van der Waals surface area contributed by atoms with E-state index in [-0.39, 0.29) is 0 Å². The van der Waals surface area contributed by atoms with Crippen molar-refractivity contribution in [2.75, 3.05) is 5.75 Å². The summed E-state index contributed by atoms with van der Waals surface area (Å²) in [6.07, 6.45) is 3.56. The molecule has 50 valence electrons. The first kappa shape index (κ1) is 5.56. The molecule has 0 aromatic heterocycles. The molecule has 1 aliphatic carbocycles. The molecule has 2 heterocycles. The van der Waals surface area contributed by atoms with Crippen molar-refractivity contribution in [1.82, 2.24) is 0 Å². The summed E-state index contributed by atoms with van der Waals surface area (Å²) in [5.41, 5.74) is 3.19. The average molecular weight is 166 g/mol. The zero-order chi connectivity index (χ0) is 6.55. The van der Waals surface area contributed by atoms with E-state index >= 15 is 0 Å². The van der Waals surface area contributed by atoms with Crippen molar-refractivity contribution in [2.24, 2.45) is 0 Å². The van der Waals surface area contributed by atoms with Gasteiger partial charge in [0.1, 0.15) is 0 Å². The van der Waals surface area contributed by atoms with Crippen LogP contribution in [0.2, 0.25) is 0 Å². The third-order valence-electron chi connectivity index (χ3n) is 2.09. The molecule has 0 aromatic rings. The second-order valence-electron chi connectivity index (χ2n) is 2.61. The van der Waals surface area contributed by atoms with E-state index in [0.29, 0.717) is 0 Å². The summed E-state index contributed by atoms with van der Waals surface area (Å²) in [5, 5.41) is 2.28. The van der Waals surface area contributed by atoms with Gasteiger partial charge in [-0.1, -0.05) is 17.8 Å². The lowest BCUT2D eigenvalue weighted by Crippen LogP contribution is -2.13. The second-order valence-corrected chi connectivity index (χ2v) is 4.59. The van der Waals surface area contributed by atoms with Crippen LogP contribution in [0.25, 0.3) is 0 Å². The second kappa shape index (κ2) is 1.74. The molecule has 0 atom stereocenters. The average Bonchev–Trinajstić information content (AvgIpc) is 1.84. The molecule has 0 spiro atoms. The van der Waals surface area contributed by atoms with E-state index < -0.39 is 0 Å². The van der Waals surface area contributed by atoms with Crippen molar-refractivity contribution in [2.45, 2.75) is 6.42 Å². The van der Waals surface area contributed by atoms with Crippen LogP contribution in [0.1, 0.15) is 6.42 Å². The Balaban J connectivity index is 2.16. The summed E-state index contributed by atoms with van der Waals surface area (Å²) in [7, 11) is 0. The fourth-order valence-electron chi connectivity index (χ4n) is 1.41. The first-order valence-corrected chi connectivity index (χ1v) is 5.24. The smallest absolute Gasteiger partial charge is 0.0243 e. The largest absolute Gasteiger partial charge is 0.125 e. The van der Waals surface area contributed by atoms with Crippen molar-refractivity contribution in [1.29, 1.82) is 0 Å². The number of rotatable bonds is 0. The highest BCUT2D eigenvalue weighted by Crippen LogP contribution is 2.53. The monoisotopic (exact) mass is 166 g/mol. The van der Waals surface area contributed by atoms with E-state index in [1.54, 1.807) is 16.1 Å². The molecule has 3 rings (SSSR count). The van der Waals surface area contributed by atoms with Crippen LogP contribution < -0.4 is 0 Å². The summed E-state index contributed by atoms with van der Waals surface area (Å²) in [4.78, 5) is 3.15. The minimum atomic E-state index is 1.21. The highest BCUT2D eigenvalue weighted by atomic mass is 32.2. The van der Waals surface area contributed by atoms with Crippen LogP contribution in [0.3, 0.4) is 0 Å². The van der Waals surface area contributed by atoms with E-state index in [2.05, 4.69) is 11.5 Å². The van der Waals surface area contributed by atoms with Crippen LogP contribution in [0.5, 0.6) is 0 Å². The van der Waals surface area contributed by atoms with Crippen LogP contribution >= 0.6 is 23.5 Å². The summed E-state index contributed by atoms with van der Waals surface area (Å²) in [6, 6.07) is 0. The molecule has 0 amide bonds. The number of hydrogen-bond acceptors (Lipinski definition) is 2. The highest BCUT2D eigenvalue weighted by Gasteiger charge is 2.30. The maximum absolute atomic E-state index is 2.35. The Bertz CT molecular complexity index is 294. The van der Waals surface area contributed by atoms with Gasteiger partial charge in [0.25, 0.3) is 0 Å². The predicted molar refractivity (Wildman–Crippen MR) is 47.9 cm³/mol. The fourth-order valence-corrected chi connectivity index (χ4v) is 3.18. The number of thioether (sulfide) groups is 2. The summed E-state index contributed by atoms with van der Waals surface area (Å²) < 4.78 is 0. The van der Waals surface area contributed by atoms with Gasteiger partial charge < -0.3 is 0 Å². The lowest BCUT2D eigenvalue weighted by Gasteiger charge is -2.33. The quantitative estimate of drug-likeness (QED) is 0.542. The Morgan fingerprint density at radius 2 is 2.40 bits per heavy atom. The molecular weight excluding hydrogens is 160 g/mol. The van der Waals surface area contributed by atoms with Crippen LogP contribution in [-0.4, -0.2) is 5.75 Å². The molecule has 10 heavy (non-hydrogen) atoms. The van der Waals surface area contributed by atoms with E-state index in [0.717, 1.165) is 0 Å². The van der Waals surface area contributed by atoms with Gasteiger partial charge in [-0.05, 0) is 27.9 Å². The van der Waals surface area contributed by atoms with Gasteiger partial charge in [0, 0.05) is 10.7 Å². The molecule has 2 heteroatoms. The Hall–Kier alpha value is -0.0800. The van der Waals surface area contributed by atoms with Crippen LogP contribution in [-0.2, 0) is 0 Å². The summed E-state index contributed by atoms with van der Waals surface area (Å²) in [5.74, 6) is 1.26. The van der Waals surface area contributed by atoms with Gasteiger partial charge in [-0.25, -0.2) is 0 Å². The van der Waals surface area contributed by atoms with Gasteiger partial charge in [0.2, 0.25) is 0 Å². The van der Waals surface area contributed by atoms with E-state index in [9.17, 15) is 0 Å². The van der Waals surface area contributed by atoms with E-state index in [4.69, 9.17) is 0 Å². The van der Waals surface area contributed by atoms with Gasteiger partial charge in [-0.15, -0.1) is 11.8 Å². The number of fused-ring (bicyclic) bond motifs is 2. The van der Waals surface area contributed by atoms with Crippen molar-refractivity contribution in [3.05, 3.63) is 32.4 Å². The van der Waals surface area contributed by atoms with Gasteiger partial charge in [0.05, 0.1) is 0 Å². The molecule has 2 aliphatic heterocycles. The van der Waals surface area contributed by atoms with Crippen molar-refractivity contribution >= 4 is 23.5 Å². The highest BCUT2D eigenvalue weighted by molar-refractivity contribution is 8.08. The summed E-state index contributed by atoms with van der Waals surface area (Å²) in [6.45, 7) is 0. The lowest BCUT2D eigenvalue weighted by atomic mass is 10.0. The molecule has 0 radical (unpaired) electrons. The number of allylic oxidation sites excluding steroid dienone is 3. The Morgan fingerprint density at radius 3 is 2.90 bits per heavy atom. The zero-order valence-corrected chi connectivity index (χ0v) is 7.02. The molecule has 0 unspecified atom stereocenters. The van der Waals surface area contributed by atoms with Crippen LogP contribution in [0, 0.1) is 0 Å². The molecule has 0 saturated carbocycles. The molecular formula is C8H6S2. The molecule has 0 bridgehead atoms. The maximum atomic E-state index is 2.35. The predicted octanol–water partition coefficient (Wildman–Crippen LogP) is 2.91. The van der Waals surface area contributed by atoms with Crippen LogP contribution in [0.4, 0.5) is 0 Å². The molecule has 0 aromatic carbocycles. The Labute approximate surface area is 68.5 Å². The first-order chi connectivity index (χ1) is 4.95. The zero-order valence-electron chi connectivity index (χ0n) is 5.39. The van der Waals surface area contributed by atoms with E-state index in [1.165, 1.54) is 17.1 Å². The van der Waals surface area contributed by atoms with Gasteiger partial charge in [-0.2, -0.15) is 0 Å². The SMILES string of the molecule is C1=C2SC=C2C2=C(C1)SC2. The van der Waals surface area contributed by atoms with E-state index in [1.807, 2.05) is 23.5 Å². The van der Waals surface area contributed by atoms with Crippen LogP contribution in [0.15, 0.2) is 32.4 Å². The lowest BCUT2D eigenvalue weighted by molar-refractivity contribution is 1.19. The van der Waals surface area contributed by atoms with Crippen molar-refractivity contribution in [3.8, 4) is 0 Å². The molecule has 0 saturated heterocycles. The Morgan fingerprint density at radius 1 is 1.40 bits per heavy atom. The maximum Gasteiger partial charge on any atom is 0.0243 e. The summed E-state index contributed by atoms with van der Waals surface area (Å²) >= 11 is 3.90. The fraction of sp³-hybridized carbons (Fsp3) is 0.250. The van der Waals surface area contributed by atoms with Gasteiger partial charge in [0.15, 0.2) is 0 Å². The topological polar surface area (TPSA) is 0 Å². The van der Waals surface area contributed by atoms with Crippen molar-refractivity contribution < 1.29 is 0 Å². The van der Waals surface area contributed by atoms with Gasteiger partial charge >= 0.3 is 0 Å². The normalized spacial score (nSPS) is 27.2. The molecule has 3 aliphatic rings. The molecule has 0 fully saturated rings. The molecule has 0 nitrogen and oxygen atoms in total. The minimum Gasteiger partial charge on any atom is -0.125 e. The Kier molecular flexibility index (Phi) is 0.968. The minimum absolute atomic E-state index is 1.21. The van der Waals surface area contributed by atoms with Gasteiger partial charge in [-0.3, -0.25) is 0 Å². The van der Waals surface area contributed by atoms with Crippen molar-refractivity contribution in [3.63, 3.8) is 0 Å². The number of hydrogen-bond donors (Lipinski definition) is 0. The standard InChI is InChI=1S/C8H6S2/c1-2-8-6(4-10-8)5-3-9-7(1)5/h1,3H,2,4H2. The molecule has 0 N–H and O–H groups in total. The first-order valence-electron chi connectivity index (χ1n) is 3.38. The third-order valence-corrected chi connectivity index (χ3v) is 4.28.